The van der Waals surface area contributed by atoms with E-state index < -0.39 is 0 Å². The average molecular weight is 146 g/mol. The van der Waals surface area contributed by atoms with Crippen molar-refractivity contribution in [1.82, 2.24) is 5.32 Å². The van der Waals surface area contributed by atoms with Gasteiger partial charge in [-0.05, 0) is 31.4 Å². The highest BCUT2D eigenvalue weighted by atomic mass is 14.9. The van der Waals surface area contributed by atoms with Crippen molar-refractivity contribution < 1.29 is 0 Å². The van der Waals surface area contributed by atoms with Gasteiger partial charge in [0.1, 0.15) is 0 Å². The lowest BCUT2D eigenvalue weighted by Crippen LogP contribution is -2.20. The summed E-state index contributed by atoms with van der Waals surface area (Å²) in [6.07, 6.45) is 2.40. The highest BCUT2D eigenvalue weighted by Gasteiger charge is 2.13. The molecule has 57 valence electrons. The van der Waals surface area contributed by atoms with Gasteiger partial charge in [0.15, 0.2) is 0 Å². The van der Waals surface area contributed by atoms with Gasteiger partial charge >= 0.3 is 0 Å². The fraction of sp³-hybridized carbons (Fsp3) is 0.400. The van der Waals surface area contributed by atoms with E-state index in [4.69, 9.17) is 0 Å². The highest BCUT2D eigenvalue weighted by Crippen LogP contribution is 2.23. The van der Waals surface area contributed by atoms with E-state index >= 15 is 0 Å². The number of hydrogen-bond donors (Lipinski definition) is 0. The summed E-state index contributed by atoms with van der Waals surface area (Å²) >= 11 is 0. The molecule has 1 nitrogen and oxygen atoms in total. The molecule has 0 fully saturated rings. The largest absolute Gasteiger partial charge is 0.282 e. The number of hydrogen-bond acceptors (Lipinski definition) is 0. The lowest BCUT2D eigenvalue weighted by atomic mass is 9.99. The fourth-order valence-electron chi connectivity index (χ4n) is 1.51. The van der Waals surface area contributed by atoms with Crippen LogP contribution in [0.5, 0.6) is 0 Å². The molecule has 11 heavy (non-hydrogen) atoms. The van der Waals surface area contributed by atoms with Crippen molar-refractivity contribution in [3.63, 3.8) is 0 Å². The van der Waals surface area contributed by atoms with E-state index in [-0.39, 0.29) is 0 Å². The standard InChI is InChI=1S/C10H12N/c1-8-6-7-9-4-2-3-5-10(9)11-8/h2-5,8H,6-7H2,1H3. The van der Waals surface area contributed by atoms with Crippen LogP contribution in [-0.4, -0.2) is 6.04 Å². The molecule has 1 radical (unpaired) electrons. The molecule has 0 bridgehead atoms. The molecule has 0 amide bonds. The molecule has 2 rings (SSSR count). The van der Waals surface area contributed by atoms with Gasteiger partial charge in [-0.15, -0.1) is 0 Å². The van der Waals surface area contributed by atoms with Crippen molar-refractivity contribution in [2.75, 3.05) is 0 Å². The van der Waals surface area contributed by atoms with E-state index in [0.717, 1.165) is 0 Å². The van der Waals surface area contributed by atoms with Crippen LogP contribution in [0.1, 0.15) is 18.9 Å². The van der Waals surface area contributed by atoms with Crippen molar-refractivity contribution >= 4 is 5.69 Å². The minimum Gasteiger partial charge on any atom is -0.282 e. The van der Waals surface area contributed by atoms with Crippen LogP contribution in [0.4, 0.5) is 5.69 Å². The molecule has 0 N–H and O–H groups in total. The molecule has 0 aromatic heterocycles. The summed E-state index contributed by atoms with van der Waals surface area (Å²) in [5, 5.41) is 4.55. The Kier molecular flexibility index (Phi) is 1.57. The van der Waals surface area contributed by atoms with Crippen molar-refractivity contribution in [3.8, 4) is 0 Å². The Hall–Kier alpha value is -0.980. The Morgan fingerprint density at radius 3 is 3.09 bits per heavy atom. The van der Waals surface area contributed by atoms with Crippen LogP contribution in [0.25, 0.3) is 0 Å². The minimum absolute atomic E-state index is 0.518. The molecule has 1 atom stereocenters. The Morgan fingerprint density at radius 1 is 1.36 bits per heavy atom. The van der Waals surface area contributed by atoms with Crippen LogP contribution < -0.4 is 5.32 Å². The SMILES string of the molecule is CC1CCc2ccccc2[N]1. The highest BCUT2D eigenvalue weighted by molar-refractivity contribution is 5.46. The van der Waals surface area contributed by atoms with Crippen molar-refractivity contribution in [1.29, 1.82) is 0 Å². The second kappa shape index (κ2) is 2.57. The Morgan fingerprint density at radius 2 is 2.18 bits per heavy atom. The molecule has 0 saturated carbocycles. The molecule has 1 aromatic carbocycles. The van der Waals surface area contributed by atoms with Crippen molar-refractivity contribution in [3.05, 3.63) is 29.8 Å². The maximum Gasteiger partial charge on any atom is 0.0609 e. The van der Waals surface area contributed by atoms with Crippen LogP contribution in [0.3, 0.4) is 0 Å². The van der Waals surface area contributed by atoms with E-state index in [1.165, 1.54) is 24.1 Å². The molecule has 1 aliphatic heterocycles. The van der Waals surface area contributed by atoms with Crippen LogP contribution >= 0.6 is 0 Å². The molecule has 1 unspecified atom stereocenters. The zero-order valence-corrected chi connectivity index (χ0v) is 6.75. The van der Waals surface area contributed by atoms with Gasteiger partial charge in [-0.2, -0.15) is 0 Å². The zero-order chi connectivity index (χ0) is 7.68. The zero-order valence-electron chi connectivity index (χ0n) is 6.75. The van der Waals surface area contributed by atoms with E-state index in [2.05, 4.69) is 36.5 Å². The third-order valence-corrected chi connectivity index (χ3v) is 2.18. The van der Waals surface area contributed by atoms with Crippen molar-refractivity contribution in [2.45, 2.75) is 25.8 Å². The second-order valence-corrected chi connectivity index (χ2v) is 3.15. The summed E-state index contributed by atoms with van der Waals surface area (Å²) in [7, 11) is 0. The van der Waals surface area contributed by atoms with Gasteiger partial charge in [-0.25, -0.2) is 0 Å². The molecule has 1 heterocycles. The number of aryl methyl sites for hydroxylation is 1. The predicted molar refractivity (Wildman–Crippen MR) is 46.0 cm³/mol. The van der Waals surface area contributed by atoms with Gasteiger partial charge < -0.3 is 0 Å². The molecule has 0 spiro atoms. The quantitative estimate of drug-likeness (QED) is 0.533. The Bertz CT molecular complexity index is 255. The van der Waals surface area contributed by atoms with Crippen LogP contribution in [0.15, 0.2) is 24.3 Å². The summed E-state index contributed by atoms with van der Waals surface area (Å²) in [4.78, 5) is 0. The molecular formula is C10H12N. The first-order valence-corrected chi connectivity index (χ1v) is 4.15. The van der Waals surface area contributed by atoms with Crippen LogP contribution in [0, 0.1) is 0 Å². The Labute approximate surface area is 67.4 Å². The molecule has 0 aliphatic carbocycles. The number of fused-ring (bicyclic) bond motifs is 1. The summed E-state index contributed by atoms with van der Waals surface area (Å²) in [5.41, 5.74) is 2.61. The third kappa shape index (κ3) is 1.23. The average Bonchev–Trinajstić information content (AvgIpc) is 2.04. The molecule has 1 heteroatoms. The topological polar surface area (TPSA) is 14.1 Å². The number of para-hydroxylation sites is 1. The van der Waals surface area contributed by atoms with Gasteiger partial charge in [0.25, 0.3) is 0 Å². The smallest absolute Gasteiger partial charge is 0.0609 e. The molecule has 1 aliphatic rings. The number of nitrogens with zero attached hydrogens (tertiary/aromatic N) is 1. The number of benzene rings is 1. The van der Waals surface area contributed by atoms with Gasteiger partial charge in [-0.1, -0.05) is 18.2 Å². The summed E-state index contributed by atoms with van der Waals surface area (Å²) in [5.74, 6) is 0. The monoisotopic (exact) mass is 146 g/mol. The summed E-state index contributed by atoms with van der Waals surface area (Å²) < 4.78 is 0. The molecule has 0 saturated heterocycles. The van der Waals surface area contributed by atoms with Crippen LogP contribution in [0.2, 0.25) is 0 Å². The van der Waals surface area contributed by atoms with Gasteiger partial charge in [0, 0.05) is 6.04 Å². The second-order valence-electron chi connectivity index (χ2n) is 3.15. The van der Waals surface area contributed by atoms with E-state index in [1.807, 2.05) is 0 Å². The lowest BCUT2D eigenvalue weighted by molar-refractivity contribution is 0.554. The van der Waals surface area contributed by atoms with Gasteiger partial charge in [-0.3, -0.25) is 5.32 Å². The predicted octanol–water partition coefficient (Wildman–Crippen LogP) is 2.26. The first-order valence-electron chi connectivity index (χ1n) is 4.15. The summed E-state index contributed by atoms with van der Waals surface area (Å²) in [6, 6.07) is 8.94. The third-order valence-electron chi connectivity index (χ3n) is 2.18. The number of rotatable bonds is 0. The molecular weight excluding hydrogens is 134 g/mol. The first-order chi connectivity index (χ1) is 5.36. The van der Waals surface area contributed by atoms with Crippen molar-refractivity contribution in [2.24, 2.45) is 0 Å². The molecule has 1 aromatic rings. The Balaban J connectivity index is 2.34. The van der Waals surface area contributed by atoms with E-state index in [0.29, 0.717) is 6.04 Å². The fourth-order valence-corrected chi connectivity index (χ4v) is 1.51. The summed E-state index contributed by atoms with van der Waals surface area (Å²) in [6.45, 7) is 2.18. The minimum atomic E-state index is 0.518. The van der Waals surface area contributed by atoms with E-state index in [1.54, 1.807) is 0 Å². The van der Waals surface area contributed by atoms with Gasteiger partial charge in [0.2, 0.25) is 0 Å². The van der Waals surface area contributed by atoms with Crippen LogP contribution in [-0.2, 0) is 6.42 Å². The normalized spacial score (nSPS) is 22.1. The maximum atomic E-state index is 4.55. The maximum absolute atomic E-state index is 4.55. The first kappa shape index (κ1) is 6.71. The van der Waals surface area contributed by atoms with Gasteiger partial charge in [0.05, 0.1) is 5.69 Å². The van der Waals surface area contributed by atoms with E-state index in [9.17, 15) is 0 Å². The lowest BCUT2D eigenvalue weighted by Gasteiger charge is -2.20.